The average Bonchev–Trinajstić information content (AvgIpc) is 3.03. The Labute approximate surface area is 142 Å². The van der Waals surface area contributed by atoms with Gasteiger partial charge in [0.25, 0.3) is 0 Å². The summed E-state index contributed by atoms with van der Waals surface area (Å²) in [7, 11) is 1.76. The fourth-order valence-electron chi connectivity index (χ4n) is 3.08. The Kier molecular flexibility index (Phi) is 5.20. The maximum atomic E-state index is 5.56. The molecule has 0 spiro atoms. The van der Waals surface area contributed by atoms with E-state index in [9.17, 15) is 0 Å². The summed E-state index contributed by atoms with van der Waals surface area (Å²) in [6.45, 7) is 5.67. The highest BCUT2D eigenvalue weighted by Gasteiger charge is 2.32. The van der Waals surface area contributed by atoms with Gasteiger partial charge in [-0.2, -0.15) is 0 Å². The first-order valence-electron chi connectivity index (χ1n) is 8.33. The quantitative estimate of drug-likeness (QED) is 0.867. The minimum Gasteiger partial charge on any atom is -0.380 e. The molecule has 1 N–H and O–H groups in total. The van der Waals surface area contributed by atoms with Gasteiger partial charge in [0.1, 0.15) is 12.1 Å². The summed E-state index contributed by atoms with van der Waals surface area (Å²) < 4.78 is 5.56. The van der Waals surface area contributed by atoms with E-state index in [1.165, 1.54) is 0 Å². The van der Waals surface area contributed by atoms with E-state index in [0.717, 1.165) is 43.1 Å². The van der Waals surface area contributed by atoms with E-state index in [1.54, 1.807) is 19.6 Å². The highest BCUT2D eigenvalue weighted by molar-refractivity contribution is 5.41. The molecule has 128 valence electrons. The second-order valence-electron chi connectivity index (χ2n) is 6.03. The lowest BCUT2D eigenvalue weighted by Crippen LogP contribution is -2.36. The zero-order valence-corrected chi connectivity index (χ0v) is 14.4. The van der Waals surface area contributed by atoms with Crippen molar-refractivity contribution in [3.05, 3.63) is 36.0 Å². The Morgan fingerprint density at radius 3 is 2.96 bits per heavy atom. The number of hydrogen-bond acceptors (Lipinski definition) is 7. The summed E-state index contributed by atoms with van der Waals surface area (Å²) in [5.41, 5.74) is 2.04. The third-order valence-corrected chi connectivity index (χ3v) is 4.34. The molecule has 1 fully saturated rings. The molecule has 1 aliphatic heterocycles. The van der Waals surface area contributed by atoms with Gasteiger partial charge in [-0.3, -0.25) is 0 Å². The number of ether oxygens (including phenoxy) is 1. The Bertz CT molecular complexity index is 665. The number of aryl methyl sites for hydroxylation is 2. The van der Waals surface area contributed by atoms with Crippen molar-refractivity contribution < 1.29 is 4.74 Å². The largest absolute Gasteiger partial charge is 0.380 e. The summed E-state index contributed by atoms with van der Waals surface area (Å²) >= 11 is 0. The first kappa shape index (κ1) is 16.6. The molecule has 0 aliphatic carbocycles. The van der Waals surface area contributed by atoms with Crippen molar-refractivity contribution in [2.24, 2.45) is 0 Å². The third kappa shape index (κ3) is 3.79. The Morgan fingerprint density at radius 2 is 2.25 bits per heavy atom. The highest BCUT2D eigenvalue weighted by Crippen LogP contribution is 2.25. The molecule has 0 bridgehead atoms. The van der Waals surface area contributed by atoms with Gasteiger partial charge >= 0.3 is 0 Å². The molecular weight excluding hydrogens is 304 g/mol. The zero-order valence-electron chi connectivity index (χ0n) is 14.4. The van der Waals surface area contributed by atoms with Crippen LogP contribution in [0.5, 0.6) is 0 Å². The lowest BCUT2D eigenvalue weighted by atomic mass is 10.2. The average molecular weight is 328 g/mol. The lowest BCUT2D eigenvalue weighted by Gasteiger charge is -2.25. The van der Waals surface area contributed by atoms with Crippen LogP contribution in [0.4, 0.5) is 11.8 Å². The number of rotatable bonds is 6. The van der Waals surface area contributed by atoms with Gasteiger partial charge in [-0.25, -0.2) is 19.9 Å². The monoisotopic (exact) mass is 328 g/mol. The summed E-state index contributed by atoms with van der Waals surface area (Å²) in [4.78, 5) is 19.7. The molecule has 0 saturated carbocycles. The van der Waals surface area contributed by atoms with Gasteiger partial charge in [0, 0.05) is 37.8 Å². The van der Waals surface area contributed by atoms with E-state index in [0.29, 0.717) is 5.95 Å². The van der Waals surface area contributed by atoms with Crippen molar-refractivity contribution in [3.8, 4) is 0 Å². The predicted molar refractivity (Wildman–Crippen MR) is 93.2 cm³/mol. The molecule has 1 aliphatic rings. The summed E-state index contributed by atoms with van der Waals surface area (Å²) in [5, 5.41) is 3.38. The highest BCUT2D eigenvalue weighted by atomic mass is 16.5. The zero-order chi connectivity index (χ0) is 16.9. The van der Waals surface area contributed by atoms with Crippen LogP contribution in [0, 0.1) is 6.92 Å². The first-order chi connectivity index (χ1) is 11.7. The van der Waals surface area contributed by atoms with E-state index in [2.05, 4.69) is 37.1 Å². The first-order valence-corrected chi connectivity index (χ1v) is 8.33. The fraction of sp³-hybridized carbons (Fsp3) is 0.529. The van der Waals surface area contributed by atoms with E-state index < -0.39 is 0 Å². The summed E-state index contributed by atoms with van der Waals surface area (Å²) in [6.07, 6.45) is 5.40. The van der Waals surface area contributed by atoms with Crippen LogP contribution >= 0.6 is 0 Å². The van der Waals surface area contributed by atoms with E-state index in [-0.39, 0.29) is 12.1 Å². The van der Waals surface area contributed by atoms with Crippen molar-refractivity contribution in [2.75, 3.05) is 30.4 Å². The van der Waals surface area contributed by atoms with Gasteiger partial charge in [0.2, 0.25) is 5.95 Å². The molecule has 2 atom stereocenters. The summed E-state index contributed by atoms with van der Waals surface area (Å²) in [5.74, 6) is 1.62. The minimum absolute atomic E-state index is 0.205. The molecule has 24 heavy (non-hydrogen) atoms. The Morgan fingerprint density at radius 1 is 1.38 bits per heavy atom. The van der Waals surface area contributed by atoms with Crippen molar-refractivity contribution in [2.45, 2.75) is 38.8 Å². The predicted octanol–water partition coefficient (Wildman–Crippen LogP) is 1.84. The molecule has 3 rings (SSSR count). The van der Waals surface area contributed by atoms with Crippen LogP contribution in [0.2, 0.25) is 0 Å². The van der Waals surface area contributed by atoms with E-state index in [1.807, 2.05) is 19.1 Å². The van der Waals surface area contributed by atoms with Crippen LogP contribution in [0.1, 0.15) is 24.7 Å². The van der Waals surface area contributed by atoms with E-state index >= 15 is 0 Å². The van der Waals surface area contributed by atoms with Gasteiger partial charge in [-0.1, -0.05) is 6.92 Å². The van der Waals surface area contributed by atoms with Crippen LogP contribution in [-0.2, 0) is 11.2 Å². The number of nitrogens with one attached hydrogen (secondary N) is 1. The number of hydrogen-bond donors (Lipinski definition) is 1. The van der Waals surface area contributed by atoms with Crippen LogP contribution < -0.4 is 10.2 Å². The Balaban J connectivity index is 1.71. The molecule has 2 aromatic rings. The third-order valence-electron chi connectivity index (χ3n) is 4.34. The number of nitrogens with zero attached hydrogens (tertiary/aromatic N) is 5. The minimum atomic E-state index is 0.205. The van der Waals surface area contributed by atoms with Crippen LogP contribution in [0.25, 0.3) is 0 Å². The fourth-order valence-corrected chi connectivity index (χ4v) is 3.08. The molecule has 7 heteroatoms. The van der Waals surface area contributed by atoms with E-state index in [4.69, 9.17) is 4.74 Å². The second kappa shape index (κ2) is 7.53. The molecule has 0 amide bonds. The van der Waals surface area contributed by atoms with Crippen molar-refractivity contribution in [1.82, 2.24) is 19.9 Å². The van der Waals surface area contributed by atoms with Gasteiger partial charge in [0.05, 0.1) is 12.1 Å². The van der Waals surface area contributed by atoms with Gasteiger partial charge < -0.3 is 15.0 Å². The van der Waals surface area contributed by atoms with Crippen LogP contribution in [0.15, 0.2) is 24.7 Å². The van der Waals surface area contributed by atoms with Crippen molar-refractivity contribution in [1.29, 1.82) is 0 Å². The van der Waals surface area contributed by atoms with Gasteiger partial charge in [-0.15, -0.1) is 0 Å². The molecule has 0 radical (unpaired) electrons. The number of anilines is 2. The maximum absolute atomic E-state index is 5.56. The van der Waals surface area contributed by atoms with Crippen molar-refractivity contribution in [3.63, 3.8) is 0 Å². The molecular formula is C17H24N6O. The number of aromatic nitrogens is 4. The normalized spacial score (nSPS) is 20.4. The number of methoxy groups -OCH3 is 1. The second-order valence-corrected chi connectivity index (χ2v) is 6.03. The van der Waals surface area contributed by atoms with Crippen LogP contribution in [0.3, 0.4) is 0 Å². The smallest absolute Gasteiger partial charge is 0.223 e. The molecule has 0 aromatic carbocycles. The van der Waals surface area contributed by atoms with Crippen molar-refractivity contribution >= 4 is 11.8 Å². The molecule has 3 heterocycles. The lowest BCUT2D eigenvalue weighted by molar-refractivity contribution is 0.118. The topological polar surface area (TPSA) is 76.1 Å². The molecule has 1 saturated heterocycles. The standard InChI is InChI=1S/C17H24N6O/c1-4-13-7-12(2)21-17(22-13)19-9-14-8-15(24-3)10-23(14)16-5-6-18-11-20-16/h5-7,11,14-15H,4,8-10H2,1-3H3,(H,19,21,22)/t14-,15-/m1/s1. The summed E-state index contributed by atoms with van der Waals surface area (Å²) in [6, 6.07) is 4.23. The van der Waals surface area contributed by atoms with Gasteiger partial charge in [0.15, 0.2) is 0 Å². The van der Waals surface area contributed by atoms with Gasteiger partial charge in [-0.05, 0) is 31.9 Å². The maximum Gasteiger partial charge on any atom is 0.223 e. The molecule has 7 nitrogen and oxygen atoms in total. The molecule has 2 aromatic heterocycles. The van der Waals surface area contributed by atoms with Crippen LogP contribution in [-0.4, -0.2) is 52.3 Å². The molecule has 0 unspecified atom stereocenters. The Hall–Kier alpha value is -2.28. The SMILES string of the molecule is CCc1cc(C)nc(NC[C@H]2C[C@@H](OC)CN2c2ccncn2)n1.